The number of nitrogens with zero attached hydrogens (tertiary/aromatic N) is 1. The number of imide groups is 1. The van der Waals surface area contributed by atoms with E-state index in [1.165, 1.54) is 4.90 Å². The van der Waals surface area contributed by atoms with Crippen LogP contribution in [-0.2, 0) is 9.59 Å². The predicted octanol–water partition coefficient (Wildman–Crippen LogP) is 6.11. The lowest BCUT2D eigenvalue weighted by atomic mass is 10.0. The van der Waals surface area contributed by atoms with E-state index in [2.05, 4.69) is 12.2 Å². The number of amides is 2. The molecule has 3 aromatic carbocycles. The number of aryl methyl sites for hydroxylation is 3. The first-order valence-electron chi connectivity index (χ1n) is 11.6. The van der Waals surface area contributed by atoms with Crippen molar-refractivity contribution < 1.29 is 14.3 Å². The third-order valence-electron chi connectivity index (χ3n) is 6.17. The van der Waals surface area contributed by atoms with Crippen LogP contribution in [0.25, 0.3) is 5.57 Å². The Labute approximate surface area is 201 Å². The van der Waals surface area contributed by atoms with Crippen molar-refractivity contribution in [2.45, 2.75) is 41.0 Å². The van der Waals surface area contributed by atoms with Gasteiger partial charge in [0.2, 0.25) is 0 Å². The molecular formula is C29H30N2O3. The van der Waals surface area contributed by atoms with Gasteiger partial charge in [-0.25, -0.2) is 4.90 Å². The van der Waals surface area contributed by atoms with Gasteiger partial charge in [-0.2, -0.15) is 0 Å². The lowest BCUT2D eigenvalue weighted by molar-refractivity contribution is -0.120. The van der Waals surface area contributed by atoms with Crippen molar-refractivity contribution in [1.82, 2.24) is 0 Å². The van der Waals surface area contributed by atoms with E-state index < -0.39 is 0 Å². The zero-order valence-electron chi connectivity index (χ0n) is 20.4. The maximum Gasteiger partial charge on any atom is 0.282 e. The molecule has 0 saturated heterocycles. The second-order valence-corrected chi connectivity index (χ2v) is 8.73. The summed E-state index contributed by atoms with van der Waals surface area (Å²) in [7, 11) is 0. The van der Waals surface area contributed by atoms with Gasteiger partial charge in [-0.1, -0.05) is 43.3 Å². The van der Waals surface area contributed by atoms with E-state index in [-0.39, 0.29) is 17.5 Å². The quantitative estimate of drug-likeness (QED) is 0.438. The van der Waals surface area contributed by atoms with Gasteiger partial charge >= 0.3 is 0 Å². The molecule has 0 fully saturated rings. The summed E-state index contributed by atoms with van der Waals surface area (Å²) in [5.74, 6) is 0.0352. The number of carbonyl (C=O) groups is 2. The van der Waals surface area contributed by atoms with Crippen molar-refractivity contribution in [1.29, 1.82) is 0 Å². The molecule has 0 saturated carbocycles. The molecule has 1 heterocycles. The lowest BCUT2D eigenvalue weighted by Gasteiger charge is -2.19. The molecule has 0 unspecified atom stereocenters. The van der Waals surface area contributed by atoms with Crippen molar-refractivity contribution in [3.05, 3.63) is 94.2 Å². The Morgan fingerprint density at radius 2 is 1.59 bits per heavy atom. The first-order valence-corrected chi connectivity index (χ1v) is 11.6. The van der Waals surface area contributed by atoms with Crippen molar-refractivity contribution >= 4 is 28.8 Å². The highest BCUT2D eigenvalue weighted by molar-refractivity contribution is 6.46. The minimum absolute atomic E-state index is 0.279. The van der Waals surface area contributed by atoms with E-state index in [0.29, 0.717) is 23.4 Å². The summed E-state index contributed by atoms with van der Waals surface area (Å²) in [6, 6.07) is 19.0. The zero-order valence-corrected chi connectivity index (χ0v) is 20.4. The van der Waals surface area contributed by atoms with Crippen molar-refractivity contribution in [2.75, 3.05) is 16.8 Å². The van der Waals surface area contributed by atoms with E-state index in [1.54, 1.807) is 0 Å². The predicted molar refractivity (Wildman–Crippen MR) is 137 cm³/mol. The molecular weight excluding hydrogens is 424 g/mol. The van der Waals surface area contributed by atoms with Crippen molar-refractivity contribution in [2.24, 2.45) is 0 Å². The maximum atomic E-state index is 13.8. The Morgan fingerprint density at radius 3 is 2.29 bits per heavy atom. The standard InChI is InChI=1S/C29H30N2O3/c1-6-16-34-23-14-12-22(13-15-23)26-27(30-24-9-7-8-19(3)21(24)5)29(33)31(28(26)32)25-17-18(2)10-11-20(25)4/h7-15,17,30H,6,16H2,1-5H3. The third-order valence-corrected chi connectivity index (χ3v) is 6.17. The normalized spacial score (nSPS) is 13.6. The summed E-state index contributed by atoms with van der Waals surface area (Å²) < 4.78 is 5.70. The molecule has 5 heteroatoms. The Kier molecular flexibility index (Phi) is 6.55. The summed E-state index contributed by atoms with van der Waals surface area (Å²) in [4.78, 5) is 28.8. The monoisotopic (exact) mass is 454 g/mol. The minimum Gasteiger partial charge on any atom is -0.494 e. The summed E-state index contributed by atoms with van der Waals surface area (Å²) >= 11 is 0. The number of ether oxygens (including phenoxy) is 1. The van der Waals surface area contributed by atoms with Crippen molar-refractivity contribution in [3.8, 4) is 5.75 Å². The van der Waals surface area contributed by atoms with Crippen LogP contribution in [0.3, 0.4) is 0 Å². The molecule has 0 atom stereocenters. The molecule has 0 aromatic heterocycles. The number of rotatable bonds is 7. The van der Waals surface area contributed by atoms with Gasteiger partial charge in [0.15, 0.2) is 0 Å². The van der Waals surface area contributed by atoms with E-state index in [0.717, 1.165) is 40.1 Å². The number of carbonyl (C=O) groups excluding carboxylic acids is 2. The number of benzene rings is 3. The molecule has 1 N–H and O–H groups in total. The SMILES string of the molecule is CCCOc1ccc(C2=C(Nc3cccc(C)c3C)C(=O)N(c3cc(C)ccc3C)C2=O)cc1. The van der Waals surface area contributed by atoms with Crippen LogP contribution in [0.4, 0.5) is 11.4 Å². The topological polar surface area (TPSA) is 58.6 Å². The first kappa shape index (κ1) is 23.3. The Hall–Kier alpha value is -3.86. The van der Waals surface area contributed by atoms with Gasteiger partial charge in [-0.05, 0) is 86.2 Å². The Balaban J connectivity index is 1.82. The fourth-order valence-corrected chi connectivity index (χ4v) is 4.05. The van der Waals surface area contributed by atoms with Crippen LogP contribution in [0.1, 0.15) is 41.2 Å². The van der Waals surface area contributed by atoms with Gasteiger partial charge in [0.05, 0.1) is 17.9 Å². The minimum atomic E-state index is -0.360. The highest BCUT2D eigenvalue weighted by Gasteiger charge is 2.41. The molecule has 3 aromatic rings. The van der Waals surface area contributed by atoms with Crippen LogP contribution in [-0.4, -0.2) is 18.4 Å². The number of nitrogens with one attached hydrogen (secondary N) is 1. The van der Waals surface area contributed by atoms with Crippen LogP contribution in [0.2, 0.25) is 0 Å². The Bertz CT molecular complexity index is 1290. The average molecular weight is 455 g/mol. The lowest BCUT2D eigenvalue weighted by Crippen LogP contribution is -2.33. The molecule has 4 rings (SSSR count). The molecule has 1 aliphatic heterocycles. The summed E-state index contributed by atoms with van der Waals surface area (Å²) in [6.45, 7) is 10.6. The molecule has 1 aliphatic rings. The van der Waals surface area contributed by atoms with Crippen molar-refractivity contribution in [3.63, 3.8) is 0 Å². The van der Waals surface area contributed by atoms with Crippen LogP contribution in [0, 0.1) is 27.7 Å². The zero-order chi connectivity index (χ0) is 24.4. The largest absolute Gasteiger partial charge is 0.494 e. The summed E-state index contributed by atoms with van der Waals surface area (Å²) in [5, 5.41) is 3.30. The van der Waals surface area contributed by atoms with Gasteiger partial charge in [-0.15, -0.1) is 0 Å². The second-order valence-electron chi connectivity index (χ2n) is 8.73. The summed E-state index contributed by atoms with van der Waals surface area (Å²) in [6.07, 6.45) is 0.911. The smallest absolute Gasteiger partial charge is 0.282 e. The molecule has 174 valence electrons. The molecule has 0 spiro atoms. The van der Waals surface area contributed by atoms with Gasteiger partial charge in [-0.3, -0.25) is 9.59 Å². The van der Waals surface area contributed by atoms with Crippen LogP contribution in [0.5, 0.6) is 5.75 Å². The fraction of sp³-hybridized carbons (Fsp3) is 0.241. The maximum absolute atomic E-state index is 13.8. The van der Waals surface area contributed by atoms with E-state index in [9.17, 15) is 9.59 Å². The van der Waals surface area contributed by atoms with Gasteiger partial charge < -0.3 is 10.1 Å². The number of anilines is 2. The number of hydrogen-bond acceptors (Lipinski definition) is 4. The van der Waals surface area contributed by atoms with Crippen LogP contribution >= 0.6 is 0 Å². The molecule has 0 bridgehead atoms. The first-order chi connectivity index (χ1) is 16.3. The van der Waals surface area contributed by atoms with Crippen LogP contribution in [0.15, 0.2) is 66.4 Å². The number of hydrogen-bond donors (Lipinski definition) is 1. The molecule has 5 nitrogen and oxygen atoms in total. The van der Waals surface area contributed by atoms with Crippen LogP contribution < -0.4 is 15.0 Å². The average Bonchev–Trinajstić information content (AvgIpc) is 3.06. The molecule has 0 aliphatic carbocycles. The summed E-state index contributed by atoms with van der Waals surface area (Å²) in [5.41, 5.74) is 6.70. The van der Waals surface area contributed by atoms with Gasteiger partial charge in [0, 0.05) is 5.69 Å². The second kappa shape index (κ2) is 9.56. The molecule has 34 heavy (non-hydrogen) atoms. The highest BCUT2D eigenvalue weighted by Crippen LogP contribution is 2.36. The van der Waals surface area contributed by atoms with E-state index >= 15 is 0 Å². The Morgan fingerprint density at radius 1 is 0.853 bits per heavy atom. The third kappa shape index (κ3) is 4.34. The molecule has 2 amide bonds. The van der Waals surface area contributed by atoms with Gasteiger partial charge in [0.25, 0.3) is 11.8 Å². The van der Waals surface area contributed by atoms with E-state index in [1.807, 2.05) is 88.4 Å². The molecule has 0 radical (unpaired) electrons. The van der Waals surface area contributed by atoms with Gasteiger partial charge in [0.1, 0.15) is 11.4 Å². The van der Waals surface area contributed by atoms with E-state index in [4.69, 9.17) is 4.74 Å². The highest BCUT2D eigenvalue weighted by atomic mass is 16.5. The fourth-order valence-electron chi connectivity index (χ4n) is 4.05.